The van der Waals surface area contributed by atoms with E-state index in [2.05, 4.69) is 15.9 Å². The number of nitrogens with zero attached hydrogens (tertiary/aromatic N) is 1. The number of hydrogen-bond donors (Lipinski definition) is 1. The minimum absolute atomic E-state index is 0.132. The normalized spacial score (nSPS) is 14.6. The summed E-state index contributed by atoms with van der Waals surface area (Å²) in [5.74, 6) is 0.266. The zero-order chi connectivity index (χ0) is 25.4. The lowest BCUT2D eigenvalue weighted by molar-refractivity contribution is -0.137. The molecule has 0 bridgehead atoms. The molecule has 0 spiro atoms. The van der Waals surface area contributed by atoms with Crippen molar-refractivity contribution in [2.24, 2.45) is 0 Å². The van der Waals surface area contributed by atoms with Crippen LogP contribution < -0.4 is 9.47 Å². The maximum Gasteiger partial charge on any atom is 0.303 e. The second-order valence-electron chi connectivity index (χ2n) is 8.08. The Labute approximate surface area is 223 Å². The van der Waals surface area contributed by atoms with E-state index in [4.69, 9.17) is 26.8 Å². The number of thiocarbonyl (C=S) groups is 1. The number of unbranched alkanes of at least 4 members (excludes halogenated alkanes) is 2. The average Bonchev–Trinajstić information content (AvgIpc) is 3.06. The Balaban J connectivity index is 1.71. The Bertz CT molecular complexity index is 1120. The Kier molecular flexibility index (Phi) is 10.2. The van der Waals surface area contributed by atoms with E-state index < -0.39 is 5.97 Å². The molecular weight excluding hydrogens is 550 g/mol. The summed E-state index contributed by atoms with van der Waals surface area (Å²) in [6.07, 6.45) is 3.98. The summed E-state index contributed by atoms with van der Waals surface area (Å²) < 4.78 is 13.2. The molecule has 1 amide bonds. The van der Waals surface area contributed by atoms with E-state index in [1.165, 1.54) is 17.3 Å². The first-order valence-electron chi connectivity index (χ1n) is 11.4. The molecule has 9 heteroatoms. The highest BCUT2D eigenvalue weighted by atomic mass is 79.9. The van der Waals surface area contributed by atoms with Gasteiger partial charge in [-0.2, -0.15) is 0 Å². The summed E-state index contributed by atoms with van der Waals surface area (Å²) in [5, 5.41) is 8.75. The molecule has 6 nitrogen and oxygen atoms in total. The van der Waals surface area contributed by atoms with E-state index in [-0.39, 0.29) is 12.3 Å². The number of aryl methyl sites for hydroxylation is 1. The third-order valence-corrected chi connectivity index (χ3v) is 7.25. The molecule has 2 aromatic rings. The Morgan fingerprint density at radius 1 is 1.17 bits per heavy atom. The summed E-state index contributed by atoms with van der Waals surface area (Å²) in [4.78, 5) is 25.7. The van der Waals surface area contributed by atoms with Gasteiger partial charge in [0.15, 0.2) is 11.5 Å². The molecular formula is C26H28BrNO5S2. The van der Waals surface area contributed by atoms with E-state index in [0.29, 0.717) is 53.3 Å². The molecule has 1 aliphatic rings. The molecule has 0 aliphatic carbocycles. The maximum atomic E-state index is 12.9. The number of carboxylic acid groups (broad SMARTS) is 1. The molecule has 0 atom stereocenters. The summed E-state index contributed by atoms with van der Waals surface area (Å²) in [5.41, 5.74) is 3.04. The van der Waals surface area contributed by atoms with E-state index in [0.717, 1.165) is 22.0 Å². The van der Waals surface area contributed by atoms with Crippen LogP contribution in [-0.4, -0.2) is 39.4 Å². The van der Waals surface area contributed by atoms with Crippen molar-refractivity contribution >= 4 is 62.2 Å². The van der Waals surface area contributed by atoms with Crippen LogP contribution in [0, 0.1) is 6.92 Å². The number of hydrogen-bond acceptors (Lipinski definition) is 6. The quantitative estimate of drug-likeness (QED) is 0.173. The van der Waals surface area contributed by atoms with Gasteiger partial charge in [-0.25, -0.2) is 0 Å². The fraction of sp³-hybridized carbons (Fsp3) is 0.346. The number of amides is 1. The van der Waals surface area contributed by atoms with Gasteiger partial charge in [0.05, 0.1) is 16.0 Å². The highest BCUT2D eigenvalue weighted by molar-refractivity contribution is 9.10. The number of carbonyl (C=O) groups is 2. The molecule has 1 fully saturated rings. The van der Waals surface area contributed by atoms with E-state index >= 15 is 0 Å². The van der Waals surface area contributed by atoms with Crippen molar-refractivity contribution in [1.82, 2.24) is 4.90 Å². The number of thioether (sulfide) groups is 1. The fourth-order valence-corrected chi connectivity index (χ4v) is 5.36. The predicted molar refractivity (Wildman–Crippen MR) is 147 cm³/mol. The van der Waals surface area contributed by atoms with Crippen LogP contribution in [0.1, 0.15) is 49.3 Å². The van der Waals surface area contributed by atoms with Gasteiger partial charge in [0.1, 0.15) is 10.9 Å². The lowest BCUT2D eigenvalue weighted by Crippen LogP contribution is -2.29. The van der Waals surface area contributed by atoms with Crippen LogP contribution in [0.3, 0.4) is 0 Å². The number of halogens is 1. The fourth-order valence-electron chi connectivity index (χ4n) is 3.48. The Morgan fingerprint density at radius 3 is 2.60 bits per heavy atom. The highest BCUT2D eigenvalue weighted by Gasteiger charge is 2.31. The summed E-state index contributed by atoms with van der Waals surface area (Å²) >= 11 is 10.3. The molecule has 0 unspecified atom stereocenters. The summed E-state index contributed by atoms with van der Waals surface area (Å²) in [6, 6.07) is 11.9. The molecule has 186 valence electrons. The topological polar surface area (TPSA) is 76.1 Å². The van der Waals surface area contributed by atoms with Gasteiger partial charge in [0, 0.05) is 13.0 Å². The molecule has 35 heavy (non-hydrogen) atoms. The van der Waals surface area contributed by atoms with E-state index in [9.17, 15) is 9.59 Å². The molecule has 0 saturated carbocycles. The van der Waals surface area contributed by atoms with Crippen molar-refractivity contribution in [3.05, 3.63) is 62.5 Å². The number of carboxylic acids is 1. The van der Waals surface area contributed by atoms with Gasteiger partial charge < -0.3 is 14.6 Å². The van der Waals surface area contributed by atoms with Crippen LogP contribution >= 0.6 is 39.9 Å². The number of aliphatic carboxylic acids is 1. The first kappa shape index (κ1) is 27.2. The zero-order valence-corrected chi connectivity index (χ0v) is 22.9. The second-order valence-corrected chi connectivity index (χ2v) is 10.6. The smallest absolute Gasteiger partial charge is 0.303 e. The predicted octanol–water partition coefficient (Wildman–Crippen LogP) is 6.58. The van der Waals surface area contributed by atoms with Gasteiger partial charge >= 0.3 is 5.97 Å². The van der Waals surface area contributed by atoms with Crippen molar-refractivity contribution in [3.63, 3.8) is 0 Å². The lowest BCUT2D eigenvalue weighted by atomic mass is 10.1. The molecule has 1 heterocycles. The van der Waals surface area contributed by atoms with Gasteiger partial charge in [-0.15, -0.1) is 0 Å². The number of carbonyl (C=O) groups excluding carboxylic acids is 1. The minimum Gasteiger partial charge on any atom is -0.490 e. The third-order valence-electron chi connectivity index (χ3n) is 5.28. The van der Waals surface area contributed by atoms with Gasteiger partial charge in [0.25, 0.3) is 5.91 Å². The van der Waals surface area contributed by atoms with Gasteiger partial charge in [-0.05, 0) is 72.0 Å². The number of ether oxygens (including phenoxy) is 2. The Hall–Kier alpha value is -2.36. The van der Waals surface area contributed by atoms with Crippen LogP contribution in [0.25, 0.3) is 6.08 Å². The molecule has 1 N–H and O–H groups in total. The second kappa shape index (κ2) is 13.1. The molecule has 2 aromatic carbocycles. The van der Waals surface area contributed by atoms with Crippen LogP contribution in [0.15, 0.2) is 45.8 Å². The van der Waals surface area contributed by atoms with Gasteiger partial charge in [-0.1, -0.05) is 60.2 Å². The summed E-state index contributed by atoms with van der Waals surface area (Å²) in [6.45, 7) is 5.32. The largest absolute Gasteiger partial charge is 0.490 e. The Morgan fingerprint density at radius 2 is 1.91 bits per heavy atom. The monoisotopic (exact) mass is 577 g/mol. The van der Waals surface area contributed by atoms with E-state index in [1.807, 2.05) is 50.2 Å². The first-order chi connectivity index (χ1) is 16.8. The van der Waals surface area contributed by atoms with Crippen LogP contribution in [-0.2, 0) is 16.2 Å². The van der Waals surface area contributed by atoms with Crippen LogP contribution in [0.2, 0.25) is 0 Å². The molecule has 1 aliphatic heterocycles. The standard InChI is InChI=1S/C26H28BrNO5S2/c1-3-32-21-14-19(13-20(27)24(21)33-16-18-10-8-17(2)9-11-18)15-22-25(31)28(26(34)35-22)12-6-4-5-7-23(29)30/h8-11,13-15H,3-7,12,16H2,1-2H3,(H,29,30)/b22-15-. The van der Waals surface area contributed by atoms with Crippen molar-refractivity contribution in [3.8, 4) is 11.5 Å². The van der Waals surface area contributed by atoms with Gasteiger partial charge in [-0.3, -0.25) is 14.5 Å². The minimum atomic E-state index is -0.803. The van der Waals surface area contributed by atoms with Crippen molar-refractivity contribution in [1.29, 1.82) is 0 Å². The molecule has 0 aromatic heterocycles. The molecule has 0 radical (unpaired) electrons. The van der Waals surface area contributed by atoms with Gasteiger partial charge in [0.2, 0.25) is 0 Å². The molecule has 1 saturated heterocycles. The third kappa shape index (κ3) is 7.81. The molecule has 3 rings (SSSR count). The van der Waals surface area contributed by atoms with Crippen molar-refractivity contribution in [2.45, 2.75) is 46.1 Å². The SMILES string of the molecule is CCOc1cc(/C=C2\SC(=S)N(CCCCCC(=O)O)C2=O)cc(Br)c1OCc1ccc(C)cc1. The number of benzene rings is 2. The lowest BCUT2D eigenvalue weighted by Gasteiger charge is -2.15. The van der Waals surface area contributed by atoms with Crippen LogP contribution in [0.5, 0.6) is 11.5 Å². The van der Waals surface area contributed by atoms with E-state index in [1.54, 1.807) is 11.0 Å². The average molecular weight is 579 g/mol. The van der Waals surface area contributed by atoms with Crippen LogP contribution in [0.4, 0.5) is 0 Å². The highest BCUT2D eigenvalue weighted by Crippen LogP contribution is 2.40. The number of rotatable bonds is 12. The van der Waals surface area contributed by atoms with Crippen molar-refractivity contribution < 1.29 is 24.2 Å². The maximum absolute atomic E-state index is 12.9. The summed E-state index contributed by atoms with van der Waals surface area (Å²) in [7, 11) is 0. The van der Waals surface area contributed by atoms with Crippen molar-refractivity contribution in [2.75, 3.05) is 13.2 Å². The first-order valence-corrected chi connectivity index (χ1v) is 13.4. The zero-order valence-electron chi connectivity index (χ0n) is 19.7.